The van der Waals surface area contributed by atoms with Crippen LogP contribution < -0.4 is 4.74 Å². The van der Waals surface area contributed by atoms with Crippen LogP contribution in [0.15, 0.2) is 60.9 Å². The van der Waals surface area contributed by atoms with E-state index < -0.39 is 17.6 Å². The zero-order chi connectivity index (χ0) is 21.3. The lowest BCUT2D eigenvalue weighted by Crippen LogP contribution is -2.05. The molecule has 0 aliphatic carbocycles. The maximum absolute atomic E-state index is 13.9. The summed E-state index contributed by atoms with van der Waals surface area (Å²) in [5.41, 5.74) is 1.58. The second-order valence-corrected chi connectivity index (χ2v) is 7.06. The molecule has 0 unspecified atom stereocenters. The van der Waals surface area contributed by atoms with Gasteiger partial charge in [-0.1, -0.05) is 11.6 Å². The van der Waals surface area contributed by atoms with Crippen molar-refractivity contribution in [2.75, 3.05) is 0 Å². The Bertz CT molecular complexity index is 1260. The van der Waals surface area contributed by atoms with Gasteiger partial charge in [0.25, 0.3) is 0 Å². The van der Waals surface area contributed by atoms with Gasteiger partial charge in [0.2, 0.25) is 0 Å². The van der Waals surface area contributed by atoms with Crippen molar-refractivity contribution in [1.29, 1.82) is 0 Å². The number of aromatic carboxylic acids is 1. The average molecular weight is 429 g/mol. The molecule has 0 amide bonds. The first-order chi connectivity index (χ1) is 14.4. The molecule has 8 heteroatoms. The number of aromatic nitrogens is 2. The predicted octanol–water partition coefficient (Wildman–Crippen LogP) is 5.29. The molecule has 0 radical (unpaired) electrons. The Labute approximate surface area is 175 Å². The molecule has 0 atom stereocenters. The molecule has 0 spiro atoms. The van der Waals surface area contributed by atoms with E-state index in [4.69, 9.17) is 16.3 Å². The lowest BCUT2D eigenvalue weighted by Gasteiger charge is -2.14. The van der Waals surface area contributed by atoms with Gasteiger partial charge in [-0.25, -0.2) is 18.6 Å². The number of rotatable bonds is 6. The van der Waals surface area contributed by atoms with Gasteiger partial charge >= 0.3 is 5.97 Å². The zero-order valence-corrected chi connectivity index (χ0v) is 16.2. The van der Waals surface area contributed by atoms with Crippen LogP contribution in [0.5, 0.6) is 5.75 Å². The van der Waals surface area contributed by atoms with Crippen LogP contribution in [-0.4, -0.2) is 20.6 Å². The summed E-state index contributed by atoms with van der Waals surface area (Å²) in [4.78, 5) is 15.7. The van der Waals surface area contributed by atoms with Crippen molar-refractivity contribution < 1.29 is 23.4 Å². The Kier molecular flexibility index (Phi) is 5.37. The van der Waals surface area contributed by atoms with Crippen LogP contribution in [0.25, 0.3) is 11.0 Å². The lowest BCUT2D eigenvalue weighted by atomic mass is 10.2. The van der Waals surface area contributed by atoms with Crippen LogP contribution in [0.2, 0.25) is 5.02 Å². The molecule has 4 rings (SSSR count). The quantitative estimate of drug-likeness (QED) is 0.453. The second-order valence-electron chi connectivity index (χ2n) is 6.62. The van der Waals surface area contributed by atoms with Crippen molar-refractivity contribution in [3.05, 3.63) is 94.3 Å². The minimum atomic E-state index is -1.03. The predicted molar refractivity (Wildman–Crippen MR) is 108 cm³/mol. The van der Waals surface area contributed by atoms with Crippen LogP contribution in [-0.2, 0) is 13.2 Å². The van der Waals surface area contributed by atoms with Crippen molar-refractivity contribution in [3.8, 4) is 5.75 Å². The molecule has 0 aliphatic rings. The summed E-state index contributed by atoms with van der Waals surface area (Å²) in [6, 6.07) is 11.5. The number of carbonyl (C=O) groups is 1. The van der Waals surface area contributed by atoms with Crippen molar-refractivity contribution in [3.63, 3.8) is 0 Å². The van der Waals surface area contributed by atoms with Crippen LogP contribution in [0.3, 0.4) is 0 Å². The minimum absolute atomic E-state index is 0.0887. The molecule has 0 saturated carbocycles. The molecule has 1 N–H and O–H groups in total. The number of carboxylic acids is 1. The maximum Gasteiger partial charge on any atom is 0.336 e. The van der Waals surface area contributed by atoms with Crippen molar-refractivity contribution >= 4 is 28.6 Å². The number of halogens is 3. The first-order valence-corrected chi connectivity index (χ1v) is 9.32. The fourth-order valence-corrected chi connectivity index (χ4v) is 3.39. The summed E-state index contributed by atoms with van der Waals surface area (Å²) in [5, 5.41) is 10.4. The third kappa shape index (κ3) is 3.97. The molecule has 0 aliphatic heterocycles. The highest BCUT2D eigenvalue weighted by atomic mass is 35.5. The molecule has 2 heterocycles. The van der Waals surface area contributed by atoms with Crippen LogP contribution in [0.1, 0.15) is 21.5 Å². The number of benzene rings is 2. The van der Waals surface area contributed by atoms with E-state index in [0.29, 0.717) is 33.9 Å². The fraction of sp³-hybridized carbons (Fsp3) is 0.0909. The number of fused-ring (bicyclic) bond motifs is 1. The van der Waals surface area contributed by atoms with Gasteiger partial charge < -0.3 is 14.4 Å². The molecule has 0 saturated heterocycles. The van der Waals surface area contributed by atoms with Crippen molar-refractivity contribution in [2.45, 2.75) is 13.2 Å². The van der Waals surface area contributed by atoms with Gasteiger partial charge in [-0.15, -0.1) is 0 Å². The van der Waals surface area contributed by atoms with E-state index in [0.717, 1.165) is 6.07 Å². The maximum atomic E-state index is 13.9. The molecule has 152 valence electrons. The van der Waals surface area contributed by atoms with Gasteiger partial charge in [0.1, 0.15) is 29.6 Å². The Morgan fingerprint density at radius 1 is 1.10 bits per heavy atom. The van der Waals surface area contributed by atoms with E-state index in [1.807, 2.05) is 0 Å². The van der Waals surface area contributed by atoms with E-state index in [9.17, 15) is 18.7 Å². The summed E-state index contributed by atoms with van der Waals surface area (Å²) in [6.07, 6.45) is 3.17. The molecule has 5 nitrogen and oxygen atoms in total. The highest BCUT2D eigenvalue weighted by molar-refractivity contribution is 6.30. The van der Waals surface area contributed by atoms with Gasteiger partial charge in [-0.05, 0) is 42.5 Å². The van der Waals surface area contributed by atoms with Gasteiger partial charge in [-0.3, -0.25) is 0 Å². The lowest BCUT2D eigenvalue weighted by molar-refractivity contribution is 0.0699. The average Bonchev–Trinajstić information content (AvgIpc) is 3.11. The summed E-state index contributed by atoms with van der Waals surface area (Å²) >= 11 is 6.14. The van der Waals surface area contributed by atoms with Crippen LogP contribution in [0, 0.1) is 11.6 Å². The monoisotopic (exact) mass is 428 g/mol. The molecule has 4 aromatic rings. The van der Waals surface area contributed by atoms with Crippen LogP contribution in [0.4, 0.5) is 8.78 Å². The van der Waals surface area contributed by atoms with Gasteiger partial charge in [0.15, 0.2) is 0 Å². The molecule has 2 aromatic carbocycles. The van der Waals surface area contributed by atoms with E-state index in [1.54, 1.807) is 35.0 Å². The number of hydrogen-bond donors (Lipinski definition) is 1. The number of ether oxygens (including phenoxy) is 1. The van der Waals surface area contributed by atoms with Gasteiger partial charge in [-0.2, -0.15) is 0 Å². The molecule has 0 fully saturated rings. The smallest absolute Gasteiger partial charge is 0.336 e. The number of carboxylic acid groups (broad SMARTS) is 1. The van der Waals surface area contributed by atoms with Crippen LogP contribution >= 0.6 is 11.6 Å². The first kappa shape index (κ1) is 19.8. The van der Waals surface area contributed by atoms with Crippen molar-refractivity contribution in [2.24, 2.45) is 0 Å². The Morgan fingerprint density at radius 3 is 2.70 bits per heavy atom. The standard InChI is InChI=1S/C22H15ClF2N2O3/c23-15-2-4-20(30-12-13-1-3-16(24)10-19(13)25)14(9-15)11-27-8-6-17-18(22(28)29)5-7-26-21(17)27/h1-10H,11-12H2,(H,28,29). The SMILES string of the molecule is O=C(O)c1ccnc2c1ccn2Cc1cc(Cl)ccc1OCc1ccc(F)cc1F. The molecular weight excluding hydrogens is 414 g/mol. The first-order valence-electron chi connectivity index (χ1n) is 8.94. The summed E-state index contributed by atoms with van der Waals surface area (Å²) < 4.78 is 34.5. The zero-order valence-electron chi connectivity index (χ0n) is 15.5. The Balaban J connectivity index is 1.64. The largest absolute Gasteiger partial charge is 0.488 e. The minimum Gasteiger partial charge on any atom is -0.488 e. The fourth-order valence-electron chi connectivity index (χ4n) is 3.19. The number of pyridine rings is 1. The Morgan fingerprint density at radius 2 is 1.93 bits per heavy atom. The number of nitrogens with zero attached hydrogens (tertiary/aromatic N) is 2. The van der Waals surface area contributed by atoms with Gasteiger partial charge in [0, 0.05) is 40.0 Å². The summed E-state index contributed by atoms with van der Waals surface area (Å²) in [6.45, 7) is 0.218. The Hall–Kier alpha value is -3.45. The van der Waals surface area contributed by atoms with Gasteiger partial charge in [0.05, 0.1) is 12.1 Å². The van der Waals surface area contributed by atoms with E-state index in [-0.39, 0.29) is 17.7 Å². The van der Waals surface area contributed by atoms with E-state index in [2.05, 4.69) is 4.98 Å². The summed E-state index contributed by atoms with van der Waals surface area (Å²) in [5.74, 6) is -1.91. The highest BCUT2D eigenvalue weighted by Crippen LogP contribution is 2.27. The highest BCUT2D eigenvalue weighted by Gasteiger charge is 2.14. The topological polar surface area (TPSA) is 64.3 Å². The number of hydrogen-bond acceptors (Lipinski definition) is 3. The van der Waals surface area contributed by atoms with E-state index >= 15 is 0 Å². The summed E-state index contributed by atoms with van der Waals surface area (Å²) in [7, 11) is 0. The third-order valence-electron chi connectivity index (χ3n) is 4.65. The second kappa shape index (κ2) is 8.12. The van der Waals surface area contributed by atoms with E-state index in [1.165, 1.54) is 24.4 Å². The normalized spacial score (nSPS) is 11.0. The molecular formula is C22H15ClF2N2O3. The third-order valence-corrected chi connectivity index (χ3v) is 4.89. The molecule has 2 aromatic heterocycles. The molecule has 30 heavy (non-hydrogen) atoms. The van der Waals surface area contributed by atoms with Crippen molar-refractivity contribution in [1.82, 2.24) is 9.55 Å². The molecule has 0 bridgehead atoms.